The number of hydrogen-bond acceptors (Lipinski definition) is 2. The van der Waals surface area contributed by atoms with Gasteiger partial charge in [-0.2, -0.15) is 5.26 Å². The minimum Gasteiger partial charge on any atom is -0.259 e. The third-order valence-electron chi connectivity index (χ3n) is 2.99. The summed E-state index contributed by atoms with van der Waals surface area (Å²) in [5.74, 6) is 0.715. The first-order chi connectivity index (χ1) is 6.65. The van der Waals surface area contributed by atoms with Crippen LogP contribution in [-0.4, -0.2) is 14.7 Å². The molecule has 0 bridgehead atoms. The van der Waals surface area contributed by atoms with E-state index in [0.29, 0.717) is 17.6 Å². The molecule has 0 heterocycles. The highest BCUT2D eigenvalue weighted by atomic mass is 32.2. The van der Waals surface area contributed by atoms with Gasteiger partial charge in [-0.15, -0.1) is 0 Å². The Hall–Kier alpha value is -0.360. The molecule has 0 aromatic rings. The molecule has 0 amide bonds. The van der Waals surface area contributed by atoms with Gasteiger partial charge in [0.25, 0.3) is 0 Å². The molecular formula is C11H19NOS. The van der Waals surface area contributed by atoms with Gasteiger partial charge in [-0.05, 0) is 25.7 Å². The van der Waals surface area contributed by atoms with E-state index in [9.17, 15) is 4.21 Å². The van der Waals surface area contributed by atoms with E-state index in [2.05, 4.69) is 13.0 Å². The maximum absolute atomic E-state index is 12.0. The topological polar surface area (TPSA) is 40.9 Å². The summed E-state index contributed by atoms with van der Waals surface area (Å²) in [6, 6.07) is 2.11. The highest BCUT2D eigenvalue weighted by Crippen LogP contribution is 2.28. The highest BCUT2D eigenvalue weighted by Gasteiger charge is 2.26. The number of nitriles is 1. The second-order valence-electron chi connectivity index (χ2n) is 4.40. The fourth-order valence-corrected chi connectivity index (χ4v) is 3.94. The van der Waals surface area contributed by atoms with Gasteiger partial charge >= 0.3 is 0 Å². The fourth-order valence-electron chi connectivity index (χ4n) is 2.13. The van der Waals surface area contributed by atoms with Crippen molar-refractivity contribution in [3.05, 3.63) is 0 Å². The molecule has 4 atom stereocenters. The molecule has 0 saturated heterocycles. The van der Waals surface area contributed by atoms with Gasteiger partial charge in [0.1, 0.15) is 0 Å². The van der Waals surface area contributed by atoms with Gasteiger partial charge in [-0.25, -0.2) is 0 Å². The van der Waals surface area contributed by atoms with E-state index < -0.39 is 10.8 Å². The maximum Gasteiger partial charge on any atom is 0.0634 e. The Kier molecular flexibility index (Phi) is 4.60. The lowest BCUT2D eigenvalue weighted by Gasteiger charge is -2.27. The fraction of sp³-hybridized carbons (Fsp3) is 0.909. The summed E-state index contributed by atoms with van der Waals surface area (Å²) in [5, 5.41) is 8.95. The molecule has 0 aromatic heterocycles. The summed E-state index contributed by atoms with van der Waals surface area (Å²) in [4.78, 5) is 0. The molecule has 0 N–H and O–H groups in total. The molecule has 1 rings (SSSR count). The molecule has 1 aliphatic carbocycles. The average Bonchev–Trinajstić information content (AvgIpc) is 2.17. The van der Waals surface area contributed by atoms with Crippen molar-refractivity contribution in [1.82, 2.24) is 0 Å². The van der Waals surface area contributed by atoms with Gasteiger partial charge in [0.15, 0.2) is 0 Å². The van der Waals surface area contributed by atoms with Gasteiger partial charge in [0.2, 0.25) is 0 Å². The summed E-state index contributed by atoms with van der Waals surface area (Å²) >= 11 is 0. The summed E-state index contributed by atoms with van der Waals surface area (Å²) in [5.41, 5.74) is 0. The quantitative estimate of drug-likeness (QED) is 0.723. The number of nitrogens with zero attached hydrogens (tertiary/aromatic N) is 1. The number of rotatable bonds is 3. The molecule has 0 aromatic carbocycles. The average molecular weight is 213 g/mol. The van der Waals surface area contributed by atoms with Crippen molar-refractivity contribution in [2.24, 2.45) is 5.92 Å². The molecular weight excluding hydrogens is 194 g/mol. The third-order valence-corrected chi connectivity index (χ3v) is 5.04. The van der Waals surface area contributed by atoms with Gasteiger partial charge in [-0.3, -0.25) is 4.21 Å². The van der Waals surface area contributed by atoms with Gasteiger partial charge in [-0.1, -0.05) is 19.8 Å². The van der Waals surface area contributed by atoms with Crippen molar-refractivity contribution < 1.29 is 4.21 Å². The Balaban J connectivity index is 2.47. The summed E-state index contributed by atoms with van der Waals surface area (Å²) in [6.45, 7) is 4.16. The van der Waals surface area contributed by atoms with Crippen molar-refractivity contribution in [3.8, 4) is 6.07 Å². The standard InChI is InChI=1S/C11H19NOS/c1-9-4-3-5-11(8-9)14(13)10(2)6-7-12/h9-11H,3-6,8H2,1-2H3. The van der Waals surface area contributed by atoms with Gasteiger partial charge < -0.3 is 0 Å². The Morgan fingerprint density at radius 2 is 2.29 bits per heavy atom. The second-order valence-corrected chi connectivity index (χ2v) is 6.52. The van der Waals surface area contributed by atoms with Crippen LogP contribution in [0.5, 0.6) is 0 Å². The van der Waals surface area contributed by atoms with E-state index in [0.717, 1.165) is 12.8 Å². The molecule has 4 unspecified atom stereocenters. The van der Waals surface area contributed by atoms with Crippen LogP contribution in [0.25, 0.3) is 0 Å². The monoisotopic (exact) mass is 213 g/mol. The lowest BCUT2D eigenvalue weighted by Crippen LogP contribution is -2.28. The van der Waals surface area contributed by atoms with Crippen molar-refractivity contribution in [2.75, 3.05) is 0 Å². The molecule has 2 nitrogen and oxygen atoms in total. The lowest BCUT2D eigenvalue weighted by atomic mass is 9.91. The van der Waals surface area contributed by atoms with E-state index in [1.807, 2.05) is 6.92 Å². The van der Waals surface area contributed by atoms with Crippen molar-refractivity contribution in [2.45, 2.75) is 56.5 Å². The van der Waals surface area contributed by atoms with Crippen LogP contribution < -0.4 is 0 Å². The minimum absolute atomic E-state index is 0.0512. The predicted molar refractivity (Wildman–Crippen MR) is 59.3 cm³/mol. The van der Waals surface area contributed by atoms with Crippen LogP contribution >= 0.6 is 0 Å². The van der Waals surface area contributed by atoms with Crippen LogP contribution in [0.2, 0.25) is 0 Å². The molecule has 14 heavy (non-hydrogen) atoms. The third kappa shape index (κ3) is 3.09. The minimum atomic E-state index is -0.794. The molecule has 3 heteroatoms. The van der Waals surface area contributed by atoms with Crippen LogP contribution in [0.15, 0.2) is 0 Å². The maximum atomic E-state index is 12.0. The normalized spacial score (nSPS) is 31.8. The van der Waals surface area contributed by atoms with Gasteiger partial charge in [0, 0.05) is 27.7 Å². The molecule has 1 aliphatic rings. The number of hydrogen-bond donors (Lipinski definition) is 0. The van der Waals surface area contributed by atoms with Crippen molar-refractivity contribution in [3.63, 3.8) is 0 Å². The van der Waals surface area contributed by atoms with E-state index in [-0.39, 0.29) is 5.25 Å². The molecule has 0 radical (unpaired) electrons. The highest BCUT2D eigenvalue weighted by molar-refractivity contribution is 7.86. The van der Waals surface area contributed by atoms with Crippen LogP contribution in [-0.2, 0) is 10.8 Å². The lowest BCUT2D eigenvalue weighted by molar-refractivity contribution is 0.388. The summed E-state index contributed by atoms with van der Waals surface area (Å²) < 4.78 is 12.0. The van der Waals surface area contributed by atoms with Crippen LogP contribution in [0, 0.1) is 17.2 Å². The van der Waals surface area contributed by atoms with E-state index in [1.54, 1.807) is 0 Å². The van der Waals surface area contributed by atoms with Crippen molar-refractivity contribution in [1.29, 1.82) is 5.26 Å². The molecule has 1 fully saturated rings. The van der Waals surface area contributed by atoms with Gasteiger partial charge in [0.05, 0.1) is 6.07 Å². The Morgan fingerprint density at radius 1 is 1.57 bits per heavy atom. The smallest absolute Gasteiger partial charge is 0.0634 e. The Bertz CT molecular complexity index is 246. The summed E-state index contributed by atoms with van der Waals surface area (Å²) in [7, 11) is -0.794. The molecule has 1 saturated carbocycles. The first-order valence-electron chi connectivity index (χ1n) is 5.41. The molecule has 0 spiro atoms. The SMILES string of the molecule is CC1CCCC(S(=O)C(C)CC#N)C1. The van der Waals surface area contributed by atoms with Crippen LogP contribution in [0.4, 0.5) is 0 Å². The zero-order chi connectivity index (χ0) is 10.6. The second kappa shape index (κ2) is 5.50. The summed E-state index contributed by atoms with van der Waals surface area (Å²) in [6.07, 6.45) is 5.09. The largest absolute Gasteiger partial charge is 0.259 e. The molecule has 80 valence electrons. The van der Waals surface area contributed by atoms with Crippen molar-refractivity contribution >= 4 is 10.8 Å². The van der Waals surface area contributed by atoms with E-state index in [4.69, 9.17) is 5.26 Å². The van der Waals surface area contributed by atoms with E-state index >= 15 is 0 Å². The first kappa shape index (κ1) is 11.7. The van der Waals surface area contributed by atoms with E-state index in [1.165, 1.54) is 12.8 Å². The zero-order valence-corrected chi connectivity index (χ0v) is 9.85. The molecule has 0 aliphatic heterocycles. The first-order valence-corrected chi connectivity index (χ1v) is 6.69. The Labute approximate surface area is 89.1 Å². The Morgan fingerprint density at radius 3 is 2.86 bits per heavy atom. The van der Waals surface area contributed by atoms with Crippen LogP contribution in [0.3, 0.4) is 0 Å². The predicted octanol–water partition coefficient (Wildman–Crippen LogP) is 2.62. The zero-order valence-electron chi connectivity index (χ0n) is 9.03. The van der Waals surface area contributed by atoms with Crippen LogP contribution in [0.1, 0.15) is 46.0 Å².